The molecule has 0 aliphatic heterocycles. The lowest BCUT2D eigenvalue weighted by molar-refractivity contribution is -0.118. The molecule has 0 radical (unpaired) electrons. The summed E-state index contributed by atoms with van der Waals surface area (Å²) in [4.78, 5) is 24.5. The molecule has 0 saturated carbocycles. The van der Waals surface area contributed by atoms with Crippen LogP contribution in [0.4, 0.5) is 5.69 Å². The van der Waals surface area contributed by atoms with Crippen LogP contribution >= 0.6 is 15.9 Å². The van der Waals surface area contributed by atoms with Crippen molar-refractivity contribution in [2.24, 2.45) is 0 Å². The van der Waals surface area contributed by atoms with Crippen LogP contribution < -0.4 is 15.6 Å². The normalized spacial score (nSPS) is 11.8. The molecule has 2 rings (SSSR count). The van der Waals surface area contributed by atoms with Crippen LogP contribution in [0, 0.1) is 6.92 Å². The van der Waals surface area contributed by atoms with Gasteiger partial charge in [-0.05, 0) is 60.1 Å². The lowest BCUT2D eigenvalue weighted by Crippen LogP contribution is -2.32. The first-order valence-corrected chi connectivity index (χ1v) is 7.55. The molecule has 1 aromatic carbocycles. The predicted octanol–water partition coefficient (Wildman–Crippen LogP) is 3.13. The minimum Gasteiger partial charge on any atom is -0.497 e. The maximum atomic E-state index is 12.3. The predicted molar refractivity (Wildman–Crippen MR) is 89.5 cm³/mol. The number of nitrogens with one attached hydrogen (secondary N) is 1. The molecule has 0 aliphatic rings. The van der Waals surface area contributed by atoms with Gasteiger partial charge in [0.05, 0.1) is 7.11 Å². The van der Waals surface area contributed by atoms with Gasteiger partial charge in [0.2, 0.25) is 5.91 Å². The van der Waals surface area contributed by atoms with Crippen molar-refractivity contribution >= 4 is 27.5 Å². The Balaban J connectivity index is 2.20. The van der Waals surface area contributed by atoms with Gasteiger partial charge >= 0.3 is 0 Å². The number of amides is 1. The van der Waals surface area contributed by atoms with E-state index in [-0.39, 0.29) is 11.5 Å². The third kappa shape index (κ3) is 3.57. The van der Waals surface area contributed by atoms with Gasteiger partial charge in [0.15, 0.2) is 0 Å². The summed E-state index contributed by atoms with van der Waals surface area (Å²) in [6.45, 7) is 3.41. The molecule has 116 valence electrons. The van der Waals surface area contributed by atoms with Crippen LogP contribution in [0.2, 0.25) is 0 Å². The van der Waals surface area contributed by atoms with Crippen molar-refractivity contribution in [1.29, 1.82) is 0 Å². The average molecular weight is 365 g/mol. The number of hydrogen-bond acceptors (Lipinski definition) is 3. The van der Waals surface area contributed by atoms with Crippen LogP contribution in [-0.4, -0.2) is 17.6 Å². The maximum Gasteiger partial charge on any atom is 0.254 e. The van der Waals surface area contributed by atoms with E-state index in [1.165, 1.54) is 4.57 Å². The first-order chi connectivity index (χ1) is 10.4. The number of aromatic nitrogens is 1. The molecular weight excluding hydrogens is 348 g/mol. The number of halogens is 1. The third-order valence-electron chi connectivity index (χ3n) is 3.34. The van der Waals surface area contributed by atoms with E-state index in [4.69, 9.17) is 4.74 Å². The van der Waals surface area contributed by atoms with Crippen molar-refractivity contribution in [3.8, 4) is 5.75 Å². The summed E-state index contributed by atoms with van der Waals surface area (Å²) < 4.78 is 7.24. The highest BCUT2D eigenvalue weighted by Gasteiger charge is 2.17. The molecule has 0 fully saturated rings. The van der Waals surface area contributed by atoms with Crippen LogP contribution in [0.15, 0.2) is 45.8 Å². The summed E-state index contributed by atoms with van der Waals surface area (Å²) in [7, 11) is 1.58. The number of ether oxygens (including phenoxy) is 1. The fourth-order valence-electron chi connectivity index (χ4n) is 2.04. The Hall–Kier alpha value is -2.08. The Bertz CT molecular complexity index is 738. The second kappa shape index (κ2) is 6.79. The van der Waals surface area contributed by atoms with E-state index in [1.807, 2.05) is 0 Å². The van der Waals surface area contributed by atoms with Crippen molar-refractivity contribution in [2.75, 3.05) is 12.4 Å². The lowest BCUT2D eigenvalue weighted by Gasteiger charge is -2.16. The van der Waals surface area contributed by atoms with Gasteiger partial charge in [0.1, 0.15) is 11.8 Å². The zero-order valence-corrected chi connectivity index (χ0v) is 14.2. The minimum atomic E-state index is -0.620. The molecule has 2 aromatic rings. The van der Waals surface area contributed by atoms with E-state index in [1.54, 1.807) is 57.5 Å². The zero-order chi connectivity index (χ0) is 16.3. The number of anilines is 1. The van der Waals surface area contributed by atoms with Crippen LogP contribution in [-0.2, 0) is 4.79 Å². The Morgan fingerprint density at radius 2 is 1.95 bits per heavy atom. The number of methoxy groups -OCH3 is 1. The molecular formula is C16H17BrN2O3. The molecule has 0 spiro atoms. The second-order valence-corrected chi connectivity index (χ2v) is 5.86. The number of carbonyl (C=O) groups is 1. The monoisotopic (exact) mass is 364 g/mol. The smallest absolute Gasteiger partial charge is 0.254 e. The van der Waals surface area contributed by atoms with Crippen LogP contribution in [0.5, 0.6) is 5.75 Å². The molecule has 1 atom stereocenters. The number of aryl methyl sites for hydroxylation is 1. The summed E-state index contributed by atoms with van der Waals surface area (Å²) in [6, 6.07) is 8.13. The van der Waals surface area contributed by atoms with Gasteiger partial charge in [-0.3, -0.25) is 9.59 Å². The largest absolute Gasteiger partial charge is 0.497 e. The van der Waals surface area contributed by atoms with E-state index in [2.05, 4.69) is 21.2 Å². The Labute approximate surface area is 137 Å². The van der Waals surface area contributed by atoms with Crippen LogP contribution in [0.3, 0.4) is 0 Å². The number of benzene rings is 1. The van der Waals surface area contributed by atoms with Crippen molar-refractivity contribution < 1.29 is 9.53 Å². The molecule has 22 heavy (non-hydrogen) atoms. The third-order valence-corrected chi connectivity index (χ3v) is 3.78. The topological polar surface area (TPSA) is 60.3 Å². The minimum absolute atomic E-state index is 0.180. The maximum absolute atomic E-state index is 12.3. The Morgan fingerprint density at radius 1 is 1.32 bits per heavy atom. The highest BCUT2D eigenvalue weighted by Crippen LogP contribution is 2.17. The van der Waals surface area contributed by atoms with E-state index >= 15 is 0 Å². The van der Waals surface area contributed by atoms with Crippen LogP contribution in [0.25, 0.3) is 0 Å². The summed E-state index contributed by atoms with van der Waals surface area (Å²) in [6.07, 6.45) is 1.62. The zero-order valence-electron chi connectivity index (χ0n) is 12.6. The van der Waals surface area contributed by atoms with Crippen molar-refractivity contribution in [2.45, 2.75) is 19.9 Å². The fraction of sp³-hybridized carbons (Fsp3) is 0.250. The number of hydrogen-bond donors (Lipinski definition) is 1. The Morgan fingerprint density at radius 3 is 2.55 bits per heavy atom. The van der Waals surface area contributed by atoms with Gasteiger partial charge in [-0.15, -0.1) is 0 Å². The standard InChI is InChI=1S/C16H17BrN2O3/c1-10-8-12(17)9-19(16(10)21)11(2)15(20)18-13-4-6-14(22-3)7-5-13/h4-9,11H,1-3H3,(H,18,20). The van der Waals surface area contributed by atoms with Crippen molar-refractivity contribution in [1.82, 2.24) is 4.57 Å². The molecule has 0 saturated heterocycles. The van der Waals surface area contributed by atoms with Crippen molar-refractivity contribution in [3.05, 3.63) is 56.9 Å². The highest BCUT2D eigenvalue weighted by molar-refractivity contribution is 9.10. The second-order valence-electron chi connectivity index (χ2n) is 4.95. The summed E-state index contributed by atoms with van der Waals surface area (Å²) in [5.41, 5.74) is 1.05. The molecule has 5 nitrogen and oxygen atoms in total. The summed E-state index contributed by atoms with van der Waals surface area (Å²) >= 11 is 3.34. The van der Waals surface area contributed by atoms with E-state index in [0.29, 0.717) is 17.0 Å². The van der Waals surface area contributed by atoms with Gasteiger partial charge in [-0.2, -0.15) is 0 Å². The van der Waals surface area contributed by atoms with Crippen LogP contribution in [0.1, 0.15) is 18.5 Å². The number of carbonyl (C=O) groups excluding carboxylic acids is 1. The first kappa shape index (κ1) is 16.3. The fourth-order valence-corrected chi connectivity index (χ4v) is 2.60. The number of nitrogens with zero attached hydrogens (tertiary/aromatic N) is 1. The van der Waals surface area contributed by atoms with Gasteiger partial charge in [-0.25, -0.2) is 0 Å². The molecule has 6 heteroatoms. The number of pyridine rings is 1. The van der Waals surface area contributed by atoms with Gasteiger partial charge in [-0.1, -0.05) is 0 Å². The summed E-state index contributed by atoms with van der Waals surface area (Å²) in [5, 5.41) is 2.79. The van der Waals surface area contributed by atoms with Crippen molar-refractivity contribution in [3.63, 3.8) is 0 Å². The SMILES string of the molecule is COc1ccc(NC(=O)C(C)n2cc(Br)cc(C)c2=O)cc1. The van der Waals surface area contributed by atoms with E-state index in [9.17, 15) is 9.59 Å². The quantitative estimate of drug-likeness (QED) is 0.906. The average Bonchev–Trinajstić information content (AvgIpc) is 2.50. The first-order valence-electron chi connectivity index (χ1n) is 6.75. The van der Waals surface area contributed by atoms with Gasteiger partial charge in [0, 0.05) is 21.9 Å². The Kier molecular flexibility index (Phi) is 5.03. The molecule has 0 aliphatic carbocycles. The molecule has 1 aromatic heterocycles. The van der Waals surface area contributed by atoms with Gasteiger partial charge in [0.25, 0.3) is 5.56 Å². The molecule has 1 amide bonds. The molecule has 1 unspecified atom stereocenters. The highest BCUT2D eigenvalue weighted by atomic mass is 79.9. The van der Waals surface area contributed by atoms with E-state index < -0.39 is 6.04 Å². The number of rotatable bonds is 4. The summed E-state index contributed by atoms with van der Waals surface area (Å²) in [5.74, 6) is 0.453. The van der Waals surface area contributed by atoms with Gasteiger partial charge < -0.3 is 14.6 Å². The molecule has 0 bridgehead atoms. The lowest BCUT2D eigenvalue weighted by atomic mass is 10.2. The molecule has 1 heterocycles. The van der Waals surface area contributed by atoms with E-state index in [0.717, 1.165) is 4.47 Å². The molecule has 1 N–H and O–H groups in total.